The van der Waals surface area contributed by atoms with Crippen LogP contribution in [0.5, 0.6) is 0 Å². The third kappa shape index (κ3) is 3.18. The predicted molar refractivity (Wildman–Crippen MR) is 88.4 cm³/mol. The van der Waals surface area contributed by atoms with Crippen LogP contribution in [0.25, 0.3) is 0 Å². The first-order valence-corrected chi connectivity index (χ1v) is 9.76. The Morgan fingerprint density at radius 3 is 2.20 bits per heavy atom. The molecule has 3 aliphatic rings. The van der Waals surface area contributed by atoms with E-state index in [0.29, 0.717) is 5.54 Å². The highest BCUT2D eigenvalue weighted by atomic mass is 32.2. The van der Waals surface area contributed by atoms with E-state index >= 15 is 0 Å². The third-order valence-corrected chi connectivity index (χ3v) is 6.83. The summed E-state index contributed by atoms with van der Waals surface area (Å²) in [5, 5.41) is 0. The molecule has 3 rings (SSSR count). The average molecular weight is 298 g/mol. The van der Waals surface area contributed by atoms with Crippen LogP contribution in [0.1, 0.15) is 44.9 Å². The maximum Gasteiger partial charge on any atom is 0.0347 e. The molecule has 0 atom stereocenters. The molecule has 3 saturated heterocycles. The van der Waals surface area contributed by atoms with Crippen LogP contribution in [0.4, 0.5) is 0 Å². The van der Waals surface area contributed by atoms with Gasteiger partial charge in [0.05, 0.1) is 0 Å². The van der Waals surface area contributed by atoms with Crippen molar-refractivity contribution in [2.75, 3.05) is 44.2 Å². The van der Waals surface area contributed by atoms with Crippen molar-refractivity contribution in [3.8, 4) is 0 Å². The molecule has 0 aromatic rings. The topological polar surface area (TPSA) is 32.5 Å². The van der Waals surface area contributed by atoms with E-state index in [-0.39, 0.29) is 0 Å². The van der Waals surface area contributed by atoms with E-state index in [2.05, 4.69) is 21.6 Å². The Morgan fingerprint density at radius 1 is 0.950 bits per heavy atom. The van der Waals surface area contributed by atoms with Gasteiger partial charge in [-0.25, -0.2) is 0 Å². The number of thioether (sulfide) groups is 1. The van der Waals surface area contributed by atoms with Gasteiger partial charge in [-0.1, -0.05) is 6.42 Å². The van der Waals surface area contributed by atoms with Gasteiger partial charge in [-0.05, 0) is 63.1 Å². The van der Waals surface area contributed by atoms with Crippen molar-refractivity contribution in [3.05, 3.63) is 0 Å². The summed E-state index contributed by atoms with van der Waals surface area (Å²) in [6.45, 7) is 6.13. The van der Waals surface area contributed by atoms with Crippen molar-refractivity contribution in [1.29, 1.82) is 0 Å². The quantitative estimate of drug-likeness (QED) is 0.865. The van der Waals surface area contributed by atoms with Gasteiger partial charge in [0.2, 0.25) is 0 Å². The lowest BCUT2D eigenvalue weighted by molar-refractivity contribution is 0.0239. The smallest absolute Gasteiger partial charge is 0.0347 e. The van der Waals surface area contributed by atoms with E-state index in [4.69, 9.17) is 5.73 Å². The molecule has 3 heterocycles. The maximum absolute atomic E-state index is 6.19. The van der Waals surface area contributed by atoms with Crippen LogP contribution in [-0.2, 0) is 0 Å². The van der Waals surface area contributed by atoms with Gasteiger partial charge in [-0.2, -0.15) is 11.8 Å². The Hall–Kier alpha value is 0.230. The molecular weight excluding hydrogens is 266 g/mol. The zero-order valence-corrected chi connectivity index (χ0v) is 13.7. The molecule has 116 valence electrons. The summed E-state index contributed by atoms with van der Waals surface area (Å²) in [6, 6.07) is 0.861. The number of hydrogen-bond donors (Lipinski definition) is 1. The van der Waals surface area contributed by atoms with Gasteiger partial charge in [-0.3, -0.25) is 4.90 Å². The Bertz CT molecular complexity index is 290. The summed E-state index contributed by atoms with van der Waals surface area (Å²) >= 11 is 2.11. The second kappa shape index (κ2) is 6.99. The fraction of sp³-hybridized carbons (Fsp3) is 1.00. The normalized spacial score (nSPS) is 30.4. The van der Waals surface area contributed by atoms with E-state index < -0.39 is 0 Å². The summed E-state index contributed by atoms with van der Waals surface area (Å²) < 4.78 is 0. The summed E-state index contributed by atoms with van der Waals surface area (Å²) in [7, 11) is 0. The first-order valence-electron chi connectivity index (χ1n) is 8.61. The van der Waals surface area contributed by atoms with Gasteiger partial charge in [0.1, 0.15) is 0 Å². The number of piperidine rings is 2. The molecule has 0 bridgehead atoms. The van der Waals surface area contributed by atoms with Crippen LogP contribution in [0.3, 0.4) is 0 Å². The van der Waals surface area contributed by atoms with Crippen LogP contribution in [0.15, 0.2) is 0 Å². The van der Waals surface area contributed by atoms with E-state index in [0.717, 1.165) is 12.6 Å². The minimum atomic E-state index is 0.345. The second-order valence-electron chi connectivity index (χ2n) is 6.86. The number of nitrogens with two attached hydrogens (primary N) is 1. The van der Waals surface area contributed by atoms with Gasteiger partial charge in [0, 0.05) is 31.2 Å². The molecule has 3 fully saturated rings. The molecule has 4 heteroatoms. The summed E-state index contributed by atoms with van der Waals surface area (Å²) in [4.78, 5) is 5.53. The third-order valence-electron chi connectivity index (χ3n) is 5.85. The maximum atomic E-state index is 6.19. The number of likely N-dealkylation sites (tertiary alicyclic amines) is 2. The van der Waals surface area contributed by atoms with Crippen molar-refractivity contribution in [2.24, 2.45) is 5.73 Å². The first kappa shape index (κ1) is 15.1. The van der Waals surface area contributed by atoms with E-state index in [1.807, 2.05) is 0 Å². The first-order chi connectivity index (χ1) is 9.84. The van der Waals surface area contributed by atoms with Crippen molar-refractivity contribution in [2.45, 2.75) is 56.5 Å². The molecule has 3 nitrogen and oxygen atoms in total. The molecule has 0 amide bonds. The van der Waals surface area contributed by atoms with Crippen molar-refractivity contribution in [1.82, 2.24) is 9.80 Å². The van der Waals surface area contributed by atoms with Crippen LogP contribution in [-0.4, -0.2) is 65.6 Å². The molecule has 20 heavy (non-hydrogen) atoms. The minimum absolute atomic E-state index is 0.345. The average Bonchev–Trinajstić information content (AvgIpc) is 2.56. The molecule has 3 aliphatic heterocycles. The molecule has 0 spiro atoms. The van der Waals surface area contributed by atoms with Crippen molar-refractivity contribution < 1.29 is 0 Å². The molecule has 0 radical (unpaired) electrons. The van der Waals surface area contributed by atoms with Crippen molar-refractivity contribution in [3.63, 3.8) is 0 Å². The largest absolute Gasteiger partial charge is 0.329 e. The van der Waals surface area contributed by atoms with Crippen LogP contribution < -0.4 is 5.73 Å². The SMILES string of the molecule is NCC1(N2CCC(N3CCCCC3)CC2)CCSCC1. The van der Waals surface area contributed by atoms with Gasteiger partial charge < -0.3 is 10.6 Å². The highest BCUT2D eigenvalue weighted by molar-refractivity contribution is 7.99. The lowest BCUT2D eigenvalue weighted by Gasteiger charge is -2.50. The monoisotopic (exact) mass is 297 g/mol. The lowest BCUT2D eigenvalue weighted by atomic mass is 9.87. The Kier molecular flexibility index (Phi) is 5.29. The molecule has 0 unspecified atom stereocenters. The molecule has 0 saturated carbocycles. The highest BCUT2D eigenvalue weighted by Crippen LogP contribution is 2.34. The summed E-state index contributed by atoms with van der Waals surface area (Å²) in [5.74, 6) is 2.62. The van der Waals surface area contributed by atoms with Gasteiger partial charge in [0.25, 0.3) is 0 Å². The highest BCUT2D eigenvalue weighted by Gasteiger charge is 2.39. The van der Waals surface area contributed by atoms with Gasteiger partial charge in [-0.15, -0.1) is 0 Å². The Labute approximate surface area is 128 Å². The second-order valence-corrected chi connectivity index (χ2v) is 8.08. The molecule has 0 aromatic carbocycles. The summed E-state index contributed by atoms with van der Waals surface area (Å²) in [5.41, 5.74) is 6.53. The Morgan fingerprint density at radius 2 is 1.60 bits per heavy atom. The standard InChI is InChI=1S/C16H31N3S/c17-14-16(6-12-20-13-7-16)19-10-4-15(5-11-19)18-8-2-1-3-9-18/h15H,1-14,17H2. The number of rotatable bonds is 3. The molecule has 0 aliphatic carbocycles. The van der Waals surface area contributed by atoms with E-state index in [9.17, 15) is 0 Å². The number of hydrogen-bond acceptors (Lipinski definition) is 4. The fourth-order valence-electron chi connectivity index (χ4n) is 4.39. The van der Waals surface area contributed by atoms with E-state index in [1.54, 1.807) is 0 Å². The molecule has 0 aromatic heterocycles. The predicted octanol–water partition coefficient (Wildman–Crippen LogP) is 2.16. The van der Waals surface area contributed by atoms with Gasteiger partial charge >= 0.3 is 0 Å². The van der Waals surface area contributed by atoms with Crippen LogP contribution in [0, 0.1) is 0 Å². The minimum Gasteiger partial charge on any atom is -0.329 e. The fourth-order valence-corrected chi connectivity index (χ4v) is 5.64. The lowest BCUT2D eigenvalue weighted by Crippen LogP contribution is -2.59. The van der Waals surface area contributed by atoms with Crippen molar-refractivity contribution >= 4 is 11.8 Å². The van der Waals surface area contributed by atoms with E-state index in [1.165, 1.54) is 82.6 Å². The van der Waals surface area contributed by atoms with Gasteiger partial charge in [0.15, 0.2) is 0 Å². The zero-order chi connectivity index (χ0) is 13.8. The number of nitrogens with zero attached hydrogens (tertiary/aromatic N) is 2. The van der Waals surface area contributed by atoms with Crippen LogP contribution >= 0.6 is 11.8 Å². The van der Waals surface area contributed by atoms with Crippen LogP contribution in [0.2, 0.25) is 0 Å². The Balaban J connectivity index is 1.54. The zero-order valence-electron chi connectivity index (χ0n) is 12.9. The summed E-state index contributed by atoms with van der Waals surface area (Å²) in [6.07, 6.45) is 9.65. The molecule has 2 N–H and O–H groups in total. The molecular formula is C16H31N3S.